The molecule has 0 aliphatic heterocycles. The molecule has 6 heteroatoms. The molecule has 142 valence electrons. The van der Waals surface area contributed by atoms with Gasteiger partial charge in [-0.05, 0) is 58.1 Å². The monoisotopic (exact) mass is 367 g/mol. The number of hydrogen-bond acceptors (Lipinski definition) is 3. The van der Waals surface area contributed by atoms with Crippen molar-refractivity contribution < 1.29 is 4.39 Å². The fourth-order valence-electron chi connectivity index (χ4n) is 4.33. The molecular formula is C21H26FN5. The van der Waals surface area contributed by atoms with Crippen LogP contribution in [0.15, 0.2) is 24.7 Å². The first-order valence-corrected chi connectivity index (χ1v) is 10.0. The van der Waals surface area contributed by atoms with Crippen LogP contribution in [0.3, 0.4) is 0 Å². The third-order valence-corrected chi connectivity index (χ3v) is 6.16. The smallest absolute Gasteiger partial charge is 0.165 e. The van der Waals surface area contributed by atoms with Crippen LogP contribution in [-0.4, -0.2) is 25.9 Å². The molecule has 0 amide bonds. The third kappa shape index (κ3) is 2.69. The predicted octanol–water partition coefficient (Wildman–Crippen LogP) is 4.41. The Labute approximate surface area is 158 Å². The molecule has 2 saturated carbocycles. The number of aromatic nitrogens is 4. The second kappa shape index (κ2) is 6.16. The first kappa shape index (κ1) is 16.9. The predicted molar refractivity (Wildman–Crippen MR) is 104 cm³/mol. The van der Waals surface area contributed by atoms with E-state index in [4.69, 9.17) is 10.8 Å². The second-order valence-electron chi connectivity index (χ2n) is 8.44. The van der Waals surface area contributed by atoms with E-state index in [1.165, 1.54) is 19.0 Å². The molecule has 2 aliphatic carbocycles. The SMILES string of the molecule is CC(C)n1ccc2c(-c3cn(C4CC(CN)C4)nc3C3CC3)ncc(F)c21. The Morgan fingerprint density at radius 1 is 1.30 bits per heavy atom. The van der Waals surface area contributed by atoms with Gasteiger partial charge in [0.2, 0.25) is 0 Å². The first-order valence-electron chi connectivity index (χ1n) is 10.0. The van der Waals surface area contributed by atoms with Crippen LogP contribution in [0.4, 0.5) is 4.39 Å². The van der Waals surface area contributed by atoms with E-state index in [1.807, 2.05) is 16.8 Å². The van der Waals surface area contributed by atoms with E-state index < -0.39 is 0 Å². The van der Waals surface area contributed by atoms with Gasteiger partial charge in [0, 0.05) is 35.3 Å². The van der Waals surface area contributed by atoms with Crippen molar-refractivity contribution in [1.82, 2.24) is 19.3 Å². The van der Waals surface area contributed by atoms with Crippen molar-refractivity contribution in [2.75, 3.05) is 6.54 Å². The van der Waals surface area contributed by atoms with Crippen molar-refractivity contribution in [2.24, 2.45) is 11.7 Å². The minimum Gasteiger partial charge on any atom is -0.342 e. The molecule has 0 bridgehead atoms. The summed E-state index contributed by atoms with van der Waals surface area (Å²) >= 11 is 0. The van der Waals surface area contributed by atoms with Crippen LogP contribution in [0.25, 0.3) is 22.2 Å². The zero-order chi connectivity index (χ0) is 18.7. The largest absolute Gasteiger partial charge is 0.342 e. The lowest BCUT2D eigenvalue weighted by atomic mass is 9.80. The van der Waals surface area contributed by atoms with E-state index in [2.05, 4.69) is 29.7 Å². The maximum atomic E-state index is 14.6. The lowest BCUT2D eigenvalue weighted by Crippen LogP contribution is -2.32. The highest BCUT2D eigenvalue weighted by atomic mass is 19.1. The summed E-state index contributed by atoms with van der Waals surface area (Å²) in [5.41, 5.74) is 9.47. The van der Waals surface area contributed by atoms with Gasteiger partial charge >= 0.3 is 0 Å². The molecule has 0 atom stereocenters. The Hall–Kier alpha value is -2.21. The van der Waals surface area contributed by atoms with Gasteiger partial charge in [-0.2, -0.15) is 5.10 Å². The molecule has 0 saturated heterocycles. The van der Waals surface area contributed by atoms with Crippen molar-refractivity contribution in [1.29, 1.82) is 0 Å². The fraction of sp³-hybridized carbons (Fsp3) is 0.524. The summed E-state index contributed by atoms with van der Waals surface area (Å²) in [6, 6.07) is 2.62. The minimum absolute atomic E-state index is 0.195. The third-order valence-electron chi connectivity index (χ3n) is 6.16. The number of halogens is 1. The van der Waals surface area contributed by atoms with Crippen molar-refractivity contribution >= 4 is 10.9 Å². The number of hydrogen-bond donors (Lipinski definition) is 1. The van der Waals surface area contributed by atoms with Crippen LogP contribution >= 0.6 is 0 Å². The molecule has 5 rings (SSSR count). The van der Waals surface area contributed by atoms with Crippen molar-refractivity contribution in [3.8, 4) is 11.3 Å². The average Bonchev–Trinajstić information content (AvgIpc) is 3.19. The Bertz CT molecular complexity index is 992. The molecule has 0 radical (unpaired) electrons. The Morgan fingerprint density at radius 3 is 2.74 bits per heavy atom. The Balaban J connectivity index is 1.62. The summed E-state index contributed by atoms with van der Waals surface area (Å²) < 4.78 is 18.7. The molecule has 2 N–H and O–H groups in total. The highest BCUT2D eigenvalue weighted by Gasteiger charge is 2.35. The maximum Gasteiger partial charge on any atom is 0.165 e. The molecule has 3 heterocycles. The number of nitrogens with two attached hydrogens (primary N) is 1. The van der Waals surface area contributed by atoms with Gasteiger partial charge in [0.05, 0.1) is 29.1 Å². The van der Waals surface area contributed by atoms with Crippen LogP contribution in [-0.2, 0) is 0 Å². The van der Waals surface area contributed by atoms with E-state index in [0.717, 1.165) is 41.7 Å². The Kier molecular flexibility index (Phi) is 3.86. The molecule has 2 aliphatic rings. The number of rotatable bonds is 5. The topological polar surface area (TPSA) is 61.7 Å². The quantitative estimate of drug-likeness (QED) is 0.727. The lowest BCUT2D eigenvalue weighted by Gasteiger charge is -2.34. The summed E-state index contributed by atoms with van der Waals surface area (Å²) in [6.45, 7) is 4.89. The van der Waals surface area contributed by atoms with Crippen LogP contribution < -0.4 is 5.73 Å². The van der Waals surface area contributed by atoms with Gasteiger partial charge in [-0.1, -0.05) is 0 Å². The van der Waals surface area contributed by atoms with Crippen LogP contribution in [0.1, 0.15) is 63.2 Å². The van der Waals surface area contributed by atoms with Gasteiger partial charge < -0.3 is 10.3 Å². The molecule has 3 aromatic rings. The second-order valence-corrected chi connectivity index (χ2v) is 8.44. The molecule has 5 nitrogen and oxygen atoms in total. The lowest BCUT2D eigenvalue weighted by molar-refractivity contribution is 0.189. The van der Waals surface area contributed by atoms with Crippen LogP contribution in [0.5, 0.6) is 0 Å². The zero-order valence-corrected chi connectivity index (χ0v) is 15.9. The van der Waals surface area contributed by atoms with E-state index in [1.54, 1.807) is 0 Å². The summed E-state index contributed by atoms with van der Waals surface area (Å²) in [4.78, 5) is 4.51. The van der Waals surface area contributed by atoms with Gasteiger partial charge in [-0.3, -0.25) is 9.67 Å². The Morgan fingerprint density at radius 2 is 2.07 bits per heavy atom. The number of nitrogens with zero attached hydrogens (tertiary/aromatic N) is 4. The maximum absolute atomic E-state index is 14.6. The average molecular weight is 367 g/mol. The molecule has 0 spiro atoms. The van der Waals surface area contributed by atoms with Crippen LogP contribution in [0, 0.1) is 11.7 Å². The van der Waals surface area contributed by atoms with E-state index in [0.29, 0.717) is 23.4 Å². The highest BCUT2D eigenvalue weighted by molar-refractivity contribution is 5.94. The van der Waals surface area contributed by atoms with Gasteiger partial charge in [0.25, 0.3) is 0 Å². The van der Waals surface area contributed by atoms with Gasteiger partial charge in [0.15, 0.2) is 5.82 Å². The summed E-state index contributed by atoms with van der Waals surface area (Å²) in [7, 11) is 0. The van der Waals surface area contributed by atoms with Crippen molar-refractivity contribution in [3.63, 3.8) is 0 Å². The van der Waals surface area contributed by atoms with Crippen LogP contribution in [0.2, 0.25) is 0 Å². The molecular weight excluding hydrogens is 341 g/mol. The number of fused-ring (bicyclic) bond motifs is 1. The summed E-state index contributed by atoms with van der Waals surface area (Å²) in [6.07, 6.45) is 10.0. The van der Waals surface area contributed by atoms with Crippen molar-refractivity contribution in [2.45, 2.75) is 57.5 Å². The van der Waals surface area contributed by atoms with E-state index in [-0.39, 0.29) is 11.9 Å². The summed E-state index contributed by atoms with van der Waals surface area (Å²) in [5.74, 6) is 0.862. The first-order chi connectivity index (χ1) is 13.1. The minimum atomic E-state index is -0.266. The highest BCUT2D eigenvalue weighted by Crippen LogP contribution is 2.46. The zero-order valence-electron chi connectivity index (χ0n) is 15.9. The molecule has 3 aromatic heterocycles. The van der Waals surface area contributed by atoms with Gasteiger partial charge in [-0.25, -0.2) is 4.39 Å². The molecule has 0 aromatic carbocycles. The molecule has 27 heavy (non-hydrogen) atoms. The van der Waals surface area contributed by atoms with Crippen molar-refractivity contribution in [3.05, 3.63) is 36.2 Å². The fourth-order valence-corrected chi connectivity index (χ4v) is 4.33. The standard InChI is InChI=1S/C21H26FN5/c1-12(2)26-6-5-16-20(24-10-18(22)21(16)26)17-11-27(15-7-13(8-15)9-23)25-19(17)14-3-4-14/h5-6,10-15H,3-4,7-9,23H2,1-2H3. The molecule has 0 unspecified atom stereocenters. The normalized spacial score (nSPS) is 22.6. The van der Waals surface area contributed by atoms with E-state index in [9.17, 15) is 4.39 Å². The molecule has 2 fully saturated rings. The summed E-state index contributed by atoms with van der Waals surface area (Å²) in [5, 5.41) is 5.82. The van der Waals surface area contributed by atoms with Gasteiger partial charge in [-0.15, -0.1) is 0 Å². The van der Waals surface area contributed by atoms with E-state index >= 15 is 0 Å². The number of pyridine rings is 1. The van der Waals surface area contributed by atoms with Gasteiger partial charge in [0.1, 0.15) is 0 Å².